The standard InChI is InChI=1S/C21H26ClN5O3/c22-18-5-2-1-4-17(18)20(29)26-6-3-7-27(9-8-26)21-23-16(14-19(28)24-21)15-25-10-12-30-13-11-25/h1-2,4-5,14H,3,6-13,15H2,(H,23,24,28). The van der Waals surface area contributed by atoms with Crippen molar-refractivity contribution in [1.29, 1.82) is 0 Å². The van der Waals surface area contributed by atoms with Gasteiger partial charge in [-0.25, -0.2) is 4.98 Å². The second kappa shape index (κ2) is 9.59. The predicted octanol–water partition coefficient (Wildman–Crippen LogP) is 1.61. The molecule has 30 heavy (non-hydrogen) atoms. The molecule has 2 aliphatic rings. The Kier molecular flexibility index (Phi) is 6.66. The van der Waals surface area contributed by atoms with Gasteiger partial charge in [-0.2, -0.15) is 0 Å². The number of rotatable bonds is 4. The Labute approximate surface area is 180 Å². The third-order valence-corrected chi connectivity index (χ3v) is 5.79. The molecule has 0 bridgehead atoms. The van der Waals surface area contributed by atoms with Crippen LogP contribution in [0.1, 0.15) is 22.5 Å². The molecule has 160 valence electrons. The molecule has 0 radical (unpaired) electrons. The van der Waals surface area contributed by atoms with Gasteiger partial charge in [-0.05, 0) is 18.6 Å². The van der Waals surface area contributed by atoms with Crippen molar-refractivity contribution >= 4 is 23.5 Å². The van der Waals surface area contributed by atoms with Crippen LogP contribution in [0.2, 0.25) is 5.02 Å². The summed E-state index contributed by atoms with van der Waals surface area (Å²) in [6.45, 7) is 6.22. The Hall–Kier alpha value is -2.42. The van der Waals surface area contributed by atoms with Crippen LogP contribution >= 0.6 is 11.6 Å². The molecule has 1 aromatic carbocycles. The maximum Gasteiger partial charge on any atom is 0.255 e. The van der Waals surface area contributed by atoms with Crippen LogP contribution in [0.25, 0.3) is 0 Å². The van der Waals surface area contributed by atoms with E-state index in [1.54, 1.807) is 18.2 Å². The molecule has 2 fully saturated rings. The van der Waals surface area contributed by atoms with Gasteiger partial charge in [0.2, 0.25) is 5.95 Å². The lowest BCUT2D eigenvalue weighted by Gasteiger charge is -2.27. The van der Waals surface area contributed by atoms with E-state index in [9.17, 15) is 9.59 Å². The number of aromatic amines is 1. The fourth-order valence-corrected chi connectivity index (χ4v) is 4.07. The van der Waals surface area contributed by atoms with Gasteiger partial charge in [-0.3, -0.25) is 19.5 Å². The first-order chi connectivity index (χ1) is 14.6. The number of aromatic nitrogens is 2. The molecule has 2 aliphatic heterocycles. The van der Waals surface area contributed by atoms with Crippen molar-refractivity contribution in [1.82, 2.24) is 19.8 Å². The van der Waals surface area contributed by atoms with Crippen molar-refractivity contribution in [2.24, 2.45) is 0 Å². The average Bonchev–Trinajstić information content (AvgIpc) is 3.00. The number of ether oxygens (including phenoxy) is 1. The number of hydrogen-bond donors (Lipinski definition) is 1. The highest BCUT2D eigenvalue weighted by Gasteiger charge is 2.23. The first-order valence-corrected chi connectivity index (χ1v) is 10.7. The van der Waals surface area contributed by atoms with Crippen molar-refractivity contribution in [2.75, 3.05) is 57.4 Å². The summed E-state index contributed by atoms with van der Waals surface area (Å²) in [6.07, 6.45) is 0.785. The normalized spacial score (nSPS) is 18.3. The van der Waals surface area contributed by atoms with E-state index in [1.807, 2.05) is 21.9 Å². The molecule has 1 aromatic heterocycles. The minimum Gasteiger partial charge on any atom is -0.379 e. The van der Waals surface area contributed by atoms with Gasteiger partial charge in [0.05, 0.1) is 29.5 Å². The van der Waals surface area contributed by atoms with Gasteiger partial charge in [0, 0.05) is 51.9 Å². The van der Waals surface area contributed by atoms with Gasteiger partial charge in [0.1, 0.15) is 0 Å². The number of H-pyrrole nitrogens is 1. The van der Waals surface area contributed by atoms with Crippen LogP contribution in [-0.4, -0.2) is 78.2 Å². The van der Waals surface area contributed by atoms with Crippen LogP contribution < -0.4 is 10.5 Å². The van der Waals surface area contributed by atoms with Crippen LogP contribution in [0.15, 0.2) is 35.1 Å². The van der Waals surface area contributed by atoms with Gasteiger partial charge >= 0.3 is 0 Å². The number of benzene rings is 1. The number of carbonyl (C=O) groups is 1. The predicted molar refractivity (Wildman–Crippen MR) is 115 cm³/mol. The highest BCUT2D eigenvalue weighted by atomic mass is 35.5. The maximum atomic E-state index is 12.9. The van der Waals surface area contributed by atoms with Crippen molar-refractivity contribution < 1.29 is 9.53 Å². The van der Waals surface area contributed by atoms with Gasteiger partial charge in [-0.15, -0.1) is 0 Å². The third kappa shape index (κ3) is 5.00. The molecule has 1 amide bonds. The molecule has 3 heterocycles. The van der Waals surface area contributed by atoms with Crippen molar-refractivity contribution in [3.63, 3.8) is 0 Å². The van der Waals surface area contributed by atoms with Crippen LogP contribution in [0, 0.1) is 0 Å². The third-order valence-electron chi connectivity index (χ3n) is 5.46. The summed E-state index contributed by atoms with van der Waals surface area (Å²) in [5.74, 6) is 0.503. The summed E-state index contributed by atoms with van der Waals surface area (Å²) < 4.78 is 5.38. The minimum atomic E-state index is -0.156. The quantitative estimate of drug-likeness (QED) is 0.792. The molecule has 0 atom stereocenters. The highest BCUT2D eigenvalue weighted by molar-refractivity contribution is 6.33. The van der Waals surface area contributed by atoms with Gasteiger partial charge in [-0.1, -0.05) is 23.7 Å². The van der Waals surface area contributed by atoms with E-state index >= 15 is 0 Å². The number of morpholine rings is 1. The smallest absolute Gasteiger partial charge is 0.255 e. The second-order valence-corrected chi connectivity index (χ2v) is 7.97. The fraction of sp³-hybridized carbons (Fsp3) is 0.476. The minimum absolute atomic E-state index is 0.0648. The Balaban J connectivity index is 1.44. The molecule has 9 heteroatoms. The van der Waals surface area contributed by atoms with E-state index in [-0.39, 0.29) is 11.5 Å². The number of amides is 1. The van der Waals surface area contributed by atoms with Crippen molar-refractivity contribution in [3.8, 4) is 0 Å². The first kappa shape index (κ1) is 20.8. The van der Waals surface area contributed by atoms with Crippen LogP contribution in [0.5, 0.6) is 0 Å². The summed E-state index contributed by atoms with van der Waals surface area (Å²) >= 11 is 6.20. The molecule has 2 aromatic rings. The SMILES string of the molecule is O=C(c1ccccc1Cl)N1CCCN(c2nc(CN3CCOCC3)cc(=O)[nH]2)CC1. The molecular formula is C21H26ClN5O3. The van der Waals surface area contributed by atoms with Gasteiger partial charge in [0.25, 0.3) is 11.5 Å². The zero-order chi connectivity index (χ0) is 20.9. The zero-order valence-corrected chi connectivity index (χ0v) is 17.6. The molecule has 0 aliphatic carbocycles. The summed E-state index contributed by atoms with van der Waals surface area (Å²) in [5, 5.41) is 0.463. The fourth-order valence-electron chi connectivity index (χ4n) is 3.85. The molecule has 0 spiro atoms. The number of hydrogen-bond acceptors (Lipinski definition) is 6. The largest absolute Gasteiger partial charge is 0.379 e. The summed E-state index contributed by atoms with van der Waals surface area (Å²) in [6, 6.07) is 8.67. The van der Waals surface area contributed by atoms with E-state index in [0.717, 1.165) is 31.7 Å². The van der Waals surface area contributed by atoms with Crippen molar-refractivity contribution in [2.45, 2.75) is 13.0 Å². The summed E-state index contributed by atoms with van der Waals surface area (Å²) in [5.41, 5.74) is 1.12. The Bertz CT molecular complexity index is 944. The van der Waals surface area contributed by atoms with Crippen LogP contribution in [0.3, 0.4) is 0 Å². The van der Waals surface area contributed by atoms with Crippen LogP contribution in [0.4, 0.5) is 5.95 Å². The number of nitrogens with one attached hydrogen (secondary N) is 1. The molecule has 0 saturated carbocycles. The van der Waals surface area contributed by atoms with E-state index in [0.29, 0.717) is 55.9 Å². The molecule has 1 N–H and O–H groups in total. The van der Waals surface area contributed by atoms with Gasteiger partial charge < -0.3 is 14.5 Å². The van der Waals surface area contributed by atoms with E-state index in [2.05, 4.69) is 9.88 Å². The van der Waals surface area contributed by atoms with E-state index in [1.165, 1.54) is 0 Å². The lowest BCUT2D eigenvalue weighted by atomic mass is 10.2. The van der Waals surface area contributed by atoms with Crippen LogP contribution in [-0.2, 0) is 11.3 Å². The van der Waals surface area contributed by atoms with E-state index in [4.69, 9.17) is 21.3 Å². The molecule has 4 rings (SSSR count). The Morgan fingerprint density at radius 1 is 1.10 bits per heavy atom. The molecule has 2 saturated heterocycles. The number of anilines is 1. The van der Waals surface area contributed by atoms with E-state index < -0.39 is 0 Å². The van der Waals surface area contributed by atoms with Crippen molar-refractivity contribution in [3.05, 3.63) is 57.0 Å². The lowest BCUT2D eigenvalue weighted by molar-refractivity contribution is 0.0336. The zero-order valence-electron chi connectivity index (χ0n) is 16.8. The number of nitrogens with zero attached hydrogens (tertiary/aromatic N) is 4. The summed E-state index contributed by atoms with van der Waals surface area (Å²) in [4.78, 5) is 38.8. The molecule has 0 unspecified atom stereocenters. The topological polar surface area (TPSA) is 81.8 Å². The second-order valence-electron chi connectivity index (χ2n) is 7.56. The maximum absolute atomic E-state index is 12.9. The Morgan fingerprint density at radius 3 is 2.70 bits per heavy atom. The average molecular weight is 432 g/mol. The summed E-state index contributed by atoms with van der Waals surface area (Å²) in [7, 11) is 0. The number of halogens is 1. The lowest BCUT2D eigenvalue weighted by Crippen LogP contribution is -2.37. The Morgan fingerprint density at radius 2 is 1.90 bits per heavy atom. The molecule has 8 nitrogen and oxygen atoms in total. The monoisotopic (exact) mass is 431 g/mol. The highest BCUT2D eigenvalue weighted by Crippen LogP contribution is 2.19. The molecular weight excluding hydrogens is 406 g/mol. The van der Waals surface area contributed by atoms with Gasteiger partial charge in [0.15, 0.2) is 0 Å². The first-order valence-electron chi connectivity index (χ1n) is 10.3. The number of carbonyl (C=O) groups excluding carboxylic acids is 1.